The van der Waals surface area contributed by atoms with Crippen LogP contribution in [0.1, 0.15) is 22.8 Å². The summed E-state index contributed by atoms with van der Waals surface area (Å²) in [6.45, 7) is 5.07. The Kier molecular flexibility index (Phi) is 4.71. The number of hydrogen-bond donors (Lipinski definition) is 0. The van der Waals surface area contributed by atoms with Gasteiger partial charge in [0.1, 0.15) is 11.9 Å². The van der Waals surface area contributed by atoms with Gasteiger partial charge in [-0.15, -0.1) is 11.3 Å². The van der Waals surface area contributed by atoms with Crippen molar-refractivity contribution in [2.45, 2.75) is 26.4 Å². The van der Waals surface area contributed by atoms with Gasteiger partial charge in [-0.05, 0) is 31.4 Å². The summed E-state index contributed by atoms with van der Waals surface area (Å²) in [6, 6.07) is 5.79. The summed E-state index contributed by atoms with van der Waals surface area (Å²) in [5, 5.41) is 2.00. The SMILES string of the molecule is Cc1cc(OC2CCN(C(=O)C=Cc3cccs3)C2)nc(C)n1. The Hall–Kier alpha value is -2.21. The van der Waals surface area contributed by atoms with Crippen molar-refractivity contribution in [3.8, 4) is 5.88 Å². The van der Waals surface area contributed by atoms with Gasteiger partial charge < -0.3 is 9.64 Å². The number of rotatable bonds is 4. The molecular formula is C17H19N3O2S. The minimum Gasteiger partial charge on any atom is -0.472 e. The van der Waals surface area contributed by atoms with Gasteiger partial charge in [-0.25, -0.2) is 4.98 Å². The molecule has 0 bridgehead atoms. The predicted molar refractivity (Wildman–Crippen MR) is 90.5 cm³/mol. The summed E-state index contributed by atoms with van der Waals surface area (Å²) in [7, 11) is 0. The summed E-state index contributed by atoms with van der Waals surface area (Å²) in [6.07, 6.45) is 4.30. The van der Waals surface area contributed by atoms with Crippen LogP contribution in [-0.4, -0.2) is 40.0 Å². The third-order valence-electron chi connectivity index (χ3n) is 3.62. The molecule has 1 saturated heterocycles. The van der Waals surface area contributed by atoms with E-state index < -0.39 is 0 Å². The molecule has 1 fully saturated rings. The van der Waals surface area contributed by atoms with Crippen molar-refractivity contribution >= 4 is 23.3 Å². The molecule has 1 unspecified atom stereocenters. The highest BCUT2D eigenvalue weighted by atomic mass is 32.1. The topological polar surface area (TPSA) is 55.3 Å². The van der Waals surface area contributed by atoms with E-state index in [0.29, 0.717) is 24.8 Å². The van der Waals surface area contributed by atoms with E-state index in [1.807, 2.05) is 48.4 Å². The van der Waals surface area contributed by atoms with Crippen LogP contribution < -0.4 is 4.74 Å². The molecule has 0 spiro atoms. The van der Waals surface area contributed by atoms with Crippen molar-refractivity contribution in [2.24, 2.45) is 0 Å². The first-order valence-electron chi connectivity index (χ1n) is 7.59. The second-order valence-electron chi connectivity index (χ2n) is 5.56. The van der Waals surface area contributed by atoms with Gasteiger partial charge in [0.25, 0.3) is 0 Å². The fourth-order valence-corrected chi connectivity index (χ4v) is 3.20. The van der Waals surface area contributed by atoms with Crippen molar-refractivity contribution < 1.29 is 9.53 Å². The number of aryl methyl sites for hydroxylation is 2. The molecule has 0 saturated carbocycles. The molecule has 1 amide bonds. The highest BCUT2D eigenvalue weighted by Crippen LogP contribution is 2.18. The molecule has 6 heteroatoms. The van der Waals surface area contributed by atoms with Crippen molar-refractivity contribution in [1.82, 2.24) is 14.9 Å². The average molecular weight is 329 g/mol. The molecule has 5 nitrogen and oxygen atoms in total. The molecule has 2 aromatic heterocycles. The van der Waals surface area contributed by atoms with E-state index in [0.717, 1.165) is 17.0 Å². The molecule has 1 aliphatic heterocycles. The zero-order valence-electron chi connectivity index (χ0n) is 13.2. The van der Waals surface area contributed by atoms with Crippen molar-refractivity contribution in [1.29, 1.82) is 0 Å². The van der Waals surface area contributed by atoms with Crippen LogP contribution in [0.5, 0.6) is 5.88 Å². The van der Waals surface area contributed by atoms with Crippen molar-refractivity contribution in [3.05, 3.63) is 46.1 Å². The highest BCUT2D eigenvalue weighted by Gasteiger charge is 2.26. The number of amides is 1. The third kappa shape index (κ3) is 4.16. The van der Waals surface area contributed by atoms with Crippen molar-refractivity contribution in [2.75, 3.05) is 13.1 Å². The lowest BCUT2D eigenvalue weighted by molar-refractivity contribution is -0.125. The van der Waals surface area contributed by atoms with Crippen LogP contribution in [0.2, 0.25) is 0 Å². The molecule has 3 heterocycles. The number of ether oxygens (including phenoxy) is 1. The van der Waals surface area contributed by atoms with E-state index in [4.69, 9.17) is 4.74 Å². The maximum Gasteiger partial charge on any atom is 0.246 e. The minimum absolute atomic E-state index is 0.0113. The molecule has 0 N–H and O–H groups in total. The van der Waals surface area contributed by atoms with E-state index >= 15 is 0 Å². The Morgan fingerprint density at radius 2 is 2.30 bits per heavy atom. The molecule has 0 aliphatic carbocycles. The molecule has 2 aromatic rings. The molecule has 0 aromatic carbocycles. The first kappa shape index (κ1) is 15.7. The van der Waals surface area contributed by atoms with E-state index in [1.165, 1.54) is 0 Å². The number of hydrogen-bond acceptors (Lipinski definition) is 5. The summed E-state index contributed by atoms with van der Waals surface area (Å²) >= 11 is 1.62. The second kappa shape index (κ2) is 6.91. The van der Waals surface area contributed by atoms with Gasteiger partial charge in [-0.1, -0.05) is 6.07 Å². The maximum atomic E-state index is 12.2. The second-order valence-corrected chi connectivity index (χ2v) is 6.54. The van der Waals surface area contributed by atoms with Crippen LogP contribution in [0.4, 0.5) is 0 Å². The number of aromatic nitrogens is 2. The average Bonchev–Trinajstić information content (AvgIpc) is 3.15. The number of carbonyl (C=O) groups is 1. The molecule has 1 aliphatic rings. The molecule has 1 atom stereocenters. The smallest absolute Gasteiger partial charge is 0.246 e. The Labute approximate surface area is 139 Å². The quantitative estimate of drug-likeness (QED) is 0.810. The minimum atomic E-state index is -0.0113. The van der Waals surface area contributed by atoms with Crippen LogP contribution in [-0.2, 0) is 4.79 Å². The molecule has 23 heavy (non-hydrogen) atoms. The van der Waals surface area contributed by atoms with Gasteiger partial charge in [0, 0.05) is 35.7 Å². The van der Waals surface area contributed by atoms with E-state index in [2.05, 4.69) is 9.97 Å². The Morgan fingerprint density at radius 1 is 1.43 bits per heavy atom. The van der Waals surface area contributed by atoms with Crippen LogP contribution >= 0.6 is 11.3 Å². The van der Waals surface area contributed by atoms with Gasteiger partial charge >= 0.3 is 0 Å². The zero-order valence-corrected chi connectivity index (χ0v) is 14.0. The molecule has 3 rings (SSSR count). The van der Waals surface area contributed by atoms with Crippen LogP contribution in [0.3, 0.4) is 0 Å². The van der Waals surface area contributed by atoms with Crippen molar-refractivity contribution in [3.63, 3.8) is 0 Å². The van der Waals surface area contributed by atoms with Crippen LogP contribution in [0.25, 0.3) is 6.08 Å². The Bertz CT molecular complexity index is 692. The van der Waals surface area contributed by atoms with Gasteiger partial charge in [0.2, 0.25) is 11.8 Å². The maximum absolute atomic E-state index is 12.2. The van der Waals surface area contributed by atoms with Crippen LogP contribution in [0, 0.1) is 13.8 Å². The lowest BCUT2D eigenvalue weighted by Crippen LogP contribution is -2.29. The Morgan fingerprint density at radius 3 is 3.04 bits per heavy atom. The number of nitrogens with zero attached hydrogens (tertiary/aromatic N) is 3. The Balaban J connectivity index is 1.56. The largest absolute Gasteiger partial charge is 0.472 e. The fourth-order valence-electron chi connectivity index (χ4n) is 2.58. The zero-order chi connectivity index (χ0) is 16.2. The monoisotopic (exact) mass is 329 g/mol. The third-order valence-corrected chi connectivity index (χ3v) is 4.46. The van der Waals surface area contributed by atoms with E-state index in [9.17, 15) is 4.79 Å². The summed E-state index contributed by atoms with van der Waals surface area (Å²) in [5.74, 6) is 1.31. The normalized spacial score (nSPS) is 17.8. The van der Waals surface area contributed by atoms with E-state index in [1.54, 1.807) is 17.4 Å². The number of likely N-dealkylation sites (tertiary alicyclic amines) is 1. The first-order valence-corrected chi connectivity index (χ1v) is 8.47. The molecular weight excluding hydrogens is 310 g/mol. The first-order chi connectivity index (χ1) is 11.1. The van der Waals surface area contributed by atoms with Gasteiger partial charge in [-0.3, -0.25) is 4.79 Å². The highest BCUT2D eigenvalue weighted by molar-refractivity contribution is 7.10. The van der Waals surface area contributed by atoms with E-state index in [-0.39, 0.29) is 12.0 Å². The number of thiophene rings is 1. The number of carbonyl (C=O) groups excluding carboxylic acids is 1. The summed E-state index contributed by atoms with van der Waals surface area (Å²) < 4.78 is 5.90. The standard InChI is InChI=1S/C17H19N3O2S/c1-12-10-16(19-13(2)18-12)22-14-7-8-20(11-14)17(21)6-5-15-4-3-9-23-15/h3-6,9-10,14H,7-8,11H2,1-2H3. The molecule has 0 radical (unpaired) electrons. The predicted octanol–water partition coefficient (Wildman–Crippen LogP) is 2.85. The molecule has 120 valence electrons. The summed E-state index contributed by atoms with van der Waals surface area (Å²) in [4.78, 5) is 23.6. The lowest BCUT2D eigenvalue weighted by Gasteiger charge is -2.15. The van der Waals surface area contributed by atoms with Gasteiger partial charge in [0.05, 0.1) is 6.54 Å². The van der Waals surface area contributed by atoms with Gasteiger partial charge in [0.15, 0.2) is 0 Å². The lowest BCUT2D eigenvalue weighted by atomic mass is 10.3. The summed E-state index contributed by atoms with van der Waals surface area (Å²) in [5.41, 5.74) is 0.886. The van der Waals surface area contributed by atoms with Gasteiger partial charge in [-0.2, -0.15) is 4.98 Å². The fraction of sp³-hybridized carbons (Fsp3) is 0.353. The van der Waals surface area contributed by atoms with Crippen LogP contribution in [0.15, 0.2) is 29.7 Å².